The lowest BCUT2D eigenvalue weighted by Crippen LogP contribution is -2.46. The van der Waals surface area contributed by atoms with Crippen molar-refractivity contribution in [2.45, 2.75) is 58.9 Å². The van der Waals surface area contributed by atoms with Crippen LogP contribution in [0, 0.1) is 6.92 Å². The fourth-order valence-electron chi connectivity index (χ4n) is 3.53. The molecule has 0 bridgehead atoms. The minimum absolute atomic E-state index is 0.849. The highest BCUT2D eigenvalue weighted by Crippen LogP contribution is 2.24. The second-order valence-electron chi connectivity index (χ2n) is 6.15. The van der Waals surface area contributed by atoms with Gasteiger partial charge in [0, 0.05) is 24.8 Å². The Balaban J connectivity index is 0.000000774. The Morgan fingerprint density at radius 3 is 1.95 bits per heavy atom. The summed E-state index contributed by atoms with van der Waals surface area (Å²) in [6.07, 6.45) is 6.96. The third-order valence-corrected chi connectivity index (χ3v) is 4.77. The van der Waals surface area contributed by atoms with E-state index >= 15 is 0 Å². The lowest BCUT2D eigenvalue weighted by atomic mass is 9.99. The molecule has 0 N–H and O–H groups in total. The van der Waals surface area contributed by atoms with Crippen LogP contribution in [-0.2, 0) is 0 Å². The highest BCUT2D eigenvalue weighted by Gasteiger charge is 2.25. The molecule has 2 heteroatoms. The quantitative estimate of drug-likeness (QED) is 0.792. The Kier molecular flexibility index (Phi) is 6.56. The van der Waals surface area contributed by atoms with Crippen LogP contribution in [0.2, 0.25) is 0 Å². The van der Waals surface area contributed by atoms with Crippen LogP contribution in [0.5, 0.6) is 0 Å². The van der Waals surface area contributed by atoms with Gasteiger partial charge in [-0.05, 0) is 57.8 Å². The number of benzene rings is 1. The van der Waals surface area contributed by atoms with Crippen molar-refractivity contribution in [2.75, 3.05) is 31.1 Å². The molecule has 1 aromatic rings. The van der Waals surface area contributed by atoms with Crippen molar-refractivity contribution in [1.29, 1.82) is 0 Å². The van der Waals surface area contributed by atoms with Crippen LogP contribution >= 0.6 is 0 Å². The van der Waals surface area contributed by atoms with Crippen molar-refractivity contribution in [3.05, 3.63) is 29.8 Å². The largest absolute Gasteiger partial charge is 0.371 e. The number of likely N-dealkylation sites (tertiary alicyclic amines) is 1. The van der Waals surface area contributed by atoms with E-state index in [1.54, 1.807) is 0 Å². The van der Waals surface area contributed by atoms with E-state index in [2.05, 4.69) is 41.0 Å². The Morgan fingerprint density at radius 1 is 0.810 bits per heavy atom. The molecule has 0 aromatic heterocycles. The second-order valence-corrected chi connectivity index (χ2v) is 6.15. The molecule has 21 heavy (non-hydrogen) atoms. The molecule has 2 aliphatic rings. The Labute approximate surface area is 131 Å². The summed E-state index contributed by atoms with van der Waals surface area (Å²) in [4.78, 5) is 5.30. The molecule has 2 aliphatic heterocycles. The van der Waals surface area contributed by atoms with Gasteiger partial charge in [-0.1, -0.05) is 38.0 Å². The average molecular weight is 288 g/mol. The van der Waals surface area contributed by atoms with Crippen LogP contribution in [0.3, 0.4) is 0 Å². The first-order valence-electron chi connectivity index (χ1n) is 8.88. The first kappa shape index (κ1) is 16.4. The summed E-state index contributed by atoms with van der Waals surface area (Å²) in [6, 6.07) is 9.85. The smallest absolute Gasteiger partial charge is 0.0366 e. The molecule has 0 aliphatic carbocycles. The van der Waals surface area contributed by atoms with E-state index in [9.17, 15) is 0 Å². The molecule has 0 unspecified atom stereocenters. The number of hydrogen-bond acceptors (Lipinski definition) is 2. The second kappa shape index (κ2) is 8.43. The fourth-order valence-corrected chi connectivity index (χ4v) is 3.53. The minimum atomic E-state index is 0.849. The Bertz CT molecular complexity index is 385. The van der Waals surface area contributed by atoms with Crippen molar-refractivity contribution in [3.63, 3.8) is 0 Å². The van der Waals surface area contributed by atoms with Crippen LogP contribution in [0.25, 0.3) is 0 Å². The van der Waals surface area contributed by atoms with Gasteiger partial charge in [0.05, 0.1) is 0 Å². The van der Waals surface area contributed by atoms with E-state index in [0.29, 0.717) is 0 Å². The average Bonchev–Trinajstić information content (AvgIpc) is 2.58. The molecule has 1 aromatic carbocycles. The van der Waals surface area contributed by atoms with E-state index in [1.165, 1.54) is 69.5 Å². The van der Waals surface area contributed by atoms with Crippen molar-refractivity contribution in [2.24, 2.45) is 0 Å². The van der Waals surface area contributed by atoms with Crippen LogP contribution in [-0.4, -0.2) is 37.1 Å². The number of nitrogens with zero attached hydrogens (tertiary/aromatic N) is 2. The lowest BCUT2D eigenvalue weighted by Gasteiger charge is -2.41. The first-order chi connectivity index (χ1) is 10.3. The number of hydrogen-bond donors (Lipinski definition) is 0. The summed E-state index contributed by atoms with van der Waals surface area (Å²) in [5.74, 6) is 0. The summed E-state index contributed by atoms with van der Waals surface area (Å²) >= 11 is 0. The van der Waals surface area contributed by atoms with Gasteiger partial charge in [0.15, 0.2) is 0 Å². The number of anilines is 1. The molecular weight excluding hydrogens is 256 g/mol. The van der Waals surface area contributed by atoms with Gasteiger partial charge in [0.1, 0.15) is 0 Å². The Morgan fingerprint density at radius 2 is 1.38 bits per heavy atom. The van der Waals surface area contributed by atoms with Crippen LogP contribution < -0.4 is 4.90 Å². The van der Waals surface area contributed by atoms with E-state index in [0.717, 1.165) is 6.04 Å². The molecule has 2 saturated heterocycles. The molecule has 0 spiro atoms. The maximum Gasteiger partial charge on any atom is 0.0366 e. The van der Waals surface area contributed by atoms with E-state index in [4.69, 9.17) is 0 Å². The third kappa shape index (κ3) is 4.47. The number of piperidine rings is 2. The monoisotopic (exact) mass is 288 g/mol. The number of aryl methyl sites for hydroxylation is 1. The van der Waals surface area contributed by atoms with Crippen LogP contribution in [0.4, 0.5) is 5.69 Å². The zero-order valence-corrected chi connectivity index (χ0v) is 14.1. The maximum absolute atomic E-state index is 2.75. The van der Waals surface area contributed by atoms with Gasteiger partial charge >= 0.3 is 0 Å². The molecule has 0 amide bonds. The molecule has 2 nitrogen and oxygen atoms in total. The molecule has 0 radical (unpaired) electrons. The molecule has 118 valence electrons. The summed E-state index contributed by atoms with van der Waals surface area (Å²) in [7, 11) is 0. The van der Waals surface area contributed by atoms with Gasteiger partial charge in [-0.25, -0.2) is 0 Å². The van der Waals surface area contributed by atoms with E-state index < -0.39 is 0 Å². The van der Waals surface area contributed by atoms with Crippen LogP contribution in [0.15, 0.2) is 24.3 Å². The zero-order chi connectivity index (χ0) is 15.1. The van der Waals surface area contributed by atoms with Crippen LogP contribution in [0.1, 0.15) is 51.5 Å². The predicted molar refractivity (Wildman–Crippen MR) is 93.2 cm³/mol. The highest BCUT2D eigenvalue weighted by atomic mass is 15.2. The predicted octanol–water partition coefficient (Wildman–Crippen LogP) is 4.48. The van der Waals surface area contributed by atoms with Gasteiger partial charge in [-0.15, -0.1) is 0 Å². The normalized spacial score (nSPS) is 20.8. The molecule has 0 atom stereocenters. The summed E-state index contributed by atoms with van der Waals surface area (Å²) in [5, 5.41) is 0. The summed E-state index contributed by atoms with van der Waals surface area (Å²) in [5.41, 5.74) is 2.76. The number of rotatable bonds is 2. The molecule has 2 fully saturated rings. The SMILES string of the molecule is CC.Cc1ccc(N2CCC(N3CCCCC3)CC2)cc1. The van der Waals surface area contributed by atoms with E-state index in [-0.39, 0.29) is 0 Å². The lowest BCUT2D eigenvalue weighted by molar-refractivity contribution is 0.141. The Hall–Kier alpha value is -1.02. The van der Waals surface area contributed by atoms with Crippen molar-refractivity contribution >= 4 is 5.69 Å². The van der Waals surface area contributed by atoms with Gasteiger partial charge in [-0.2, -0.15) is 0 Å². The first-order valence-corrected chi connectivity index (χ1v) is 8.88. The van der Waals surface area contributed by atoms with Gasteiger partial charge in [0.25, 0.3) is 0 Å². The highest BCUT2D eigenvalue weighted by molar-refractivity contribution is 5.47. The fraction of sp³-hybridized carbons (Fsp3) is 0.684. The molecule has 3 rings (SSSR count). The topological polar surface area (TPSA) is 6.48 Å². The van der Waals surface area contributed by atoms with E-state index in [1.807, 2.05) is 13.8 Å². The van der Waals surface area contributed by atoms with Gasteiger partial charge in [0.2, 0.25) is 0 Å². The standard InChI is InChI=1S/C17H26N2.C2H6/c1-15-5-7-16(8-6-15)19-13-9-17(10-14-19)18-11-3-2-4-12-18;1-2/h5-8,17H,2-4,9-14H2,1H3;1-2H3. The minimum Gasteiger partial charge on any atom is -0.371 e. The summed E-state index contributed by atoms with van der Waals surface area (Å²) < 4.78 is 0. The van der Waals surface area contributed by atoms with Gasteiger partial charge < -0.3 is 9.80 Å². The van der Waals surface area contributed by atoms with Crippen molar-refractivity contribution in [3.8, 4) is 0 Å². The van der Waals surface area contributed by atoms with Gasteiger partial charge in [-0.3, -0.25) is 0 Å². The van der Waals surface area contributed by atoms with Crippen molar-refractivity contribution in [1.82, 2.24) is 4.90 Å². The third-order valence-electron chi connectivity index (χ3n) is 4.77. The summed E-state index contributed by atoms with van der Waals surface area (Å²) in [6.45, 7) is 11.3. The molecule has 2 heterocycles. The van der Waals surface area contributed by atoms with Crippen molar-refractivity contribution < 1.29 is 0 Å². The molecule has 0 saturated carbocycles. The zero-order valence-electron chi connectivity index (χ0n) is 14.1. The molecular formula is C19H32N2. The maximum atomic E-state index is 2.75.